The standard InChI is InChI=1S/C11H16O3.C3H9N/c1-2-3-4-8-5-10(12)6-9(8)7-11(13)14;1-3(2)4/h2-3,8-9H,4-7H2,1H3,(H,13,14);3H,4H2,1-2H3/b3-2-;. The summed E-state index contributed by atoms with van der Waals surface area (Å²) in [4.78, 5) is 21.7. The zero-order valence-electron chi connectivity index (χ0n) is 11.6. The molecule has 2 atom stereocenters. The average Bonchev–Trinajstić information content (AvgIpc) is 2.54. The van der Waals surface area contributed by atoms with E-state index in [1.807, 2.05) is 32.9 Å². The third-order valence-corrected chi connectivity index (χ3v) is 2.76. The molecule has 0 amide bonds. The number of carbonyl (C=O) groups excluding carboxylic acids is 1. The van der Waals surface area contributed by atoms with Crippen molar-refractivity contribution in [3.8, 4) is 0 Å². The number of aliphatic carboxylic acids is 1. The molecule has 1 aliphatic rings. The second-order valence-electron chi connectivity index (χ2n) is 5.11. The van der Waals surface area contributed by atoms with Gasteiger partial charge in [-0.05, 0) is 31.2 Å². The van der Waals surface area contributed by atoms with E-state index in [1.165, 1.54) is 0 Å². The molecule has 4 heteroatoms. The van der Waals surface area contributed by atoms with E-state index in [0.29, 0.717) is 18.9 Å². The van der Waals surface area contributed by atoms with Crippen LogP contribution >= 0.6 is 0 Å². The predicted octanol–water partition coefficient (Wildman–Crippen LogP) is 2.38. The van der Waals surface area contributed by atoms with Gasteiger partial charge in [-0.2, -0.15) is 0 Å². The lowest BCUT2D eigenvalue weighted by atomic mass is 9.90. The van der Waals surface area contributed by atoms with Crippen LogP contribution in [0.3, 0.4) is 0 Å². The second-order valence-corrected chi connectivity index (χ2v) is 5.11. The summed E-state index contributed by atoms with van der Waals surface area (Å²) >= 11 is 0. The second kappa shape index (κ2) is 8.86. The van der Waals surface area contributed by atoms with Gasteiger partial charge in [-0.3, -0.25) is 9.59 Å². The number of carboxylic acid groups (broad SMARTS) is 1. The fraction of sp³-hybridized carbons (Fsp3) is 0.714. The summed E-state index contributed by atoms with van der Waals surface area (Å²) in [5.74, 6) is -0.285. The lowest BCUT2D eigenvalue weighted by molar-refractivity contribution is -0.138. The van der Waals surface area contributed by atoms with Crippen molar-refractivity contribution in [1.82, 2.24) is 0 Å². The highest BCUT2D eigenvalue weighted by molar-refractivity contribution is 5.82. The Morgan fingerprint density at radius 1 is 1.44 bits per heavy atom. The minimum absolute atomic E-state index is 0.0520. The van der Waals surface area contributed by atoms with E-state index in [-0.39, 0.29) is 24.0 Å². The van der Waals surface area contributed by atoms with Crippen molar-refractivity contribution in [2.45, 2.75) is 52.5 Å². The zero-order chi connectivity index (χ0) is 14.1. The lowest BCUT2D eigenvalue weighted by Crippen LogP contribution is -2.12. The average molecular weight is 255 g/mol. The normalized spacial score (nSPS) is 23.3. The third kappa shape index (κ3) is 8.01. The minimum atomic E-state index is -0.796. The molecule has 0 bridgehead atoms. The molecule has 2 unspecified atom stereocenters. The molecule has 1 rings (SSSR count). The van der Waals surface area contributed by atoms with Crippen LogP contribution in [0.5, 0.6) is 0 Å². The fourth-order valence-electron chi connectivity index (χ4n) is 2.05. The quantitative estimate of drug-likeness (QED) is 0.756. The number of hydrogen-bond acceptors (Lipinski definition) is 3. The largest absolute Gasteiger partial charge is 0.481 e. The lowest BCUT2D eigenvalue weighted by Gasteiger charge is -2.14. The van der Waals surface area contributed by atoms with E-state index in [0.717, 1.165) is 6.42 Å². The van der Waals surface area contributed by atoms with Crippen LogP contribution in [0.25, 0.3) is 0 Å². The van der Waals surface area contributed by atoms with Crippen molar-refractivity contribution in [3.63, 3.8) is 0 Å². The van der Waals surface area contributed by atoms with E-state index in [1.54, 1.807) is 0 Å². The van der Waals surface area contributed by atoms with Gasteiger partial charge in [0.05, 0.1) is 0 Å². The van der Waals surface area contributed by atoms with Gasteiger partial charge in [-0.15, -0.1) is 0 Å². The van der Waals surface area contributed by atoms with Gasteiger partial charge in [0.25, 0.3) is 0 Å². The van der Waals surface area contributed by atoms with Crippen LogP contribution in [-0.4, -0.2) is 22.9 Å². The molecule has 1 saturated carbocycles. The summed E-state index contributed by atoms with van der Waals surface area (Å²) in [6.45, 7) is 5.82. The van der Waals surface area contributed by atoms with Gasteiger partial charge in [0.2, 0.25) is 0 Å². The number of allylic oxidation sites excluding steroid dienone is 2. The van der Waals surface area contributed by atoms with E-state index in [9.17, 15) is 9.59 Å². The maximum absolute atomic E-state index is 11.2. The minimum Gasteiger partial charge on any atom is -0.481 e. The van der Waals surface area contributed by atoms with Crippen LogP contribution in [0.4, 0.5) is 0 Å². The molecule has 0 radical (unpaired) electrons. The molecule has 0 aliphatic heterocycles. The van der Waals surface area contributed by atoms with Gasteiger partial charge in [0, 0.05) is 19.3 Å². The molecule has 0 spiro atoms. The molecule has 0 aromatic rings. The first-order chi connectivity index (χ1) is 8.36. The van der Waals surface area contributed by atoms with Crippen molar-refractivity contribution in [3.05, 3.63) is 12.2 Å². The highest BCUT2D eigenvalue weighted by Crippen LogP contribution is 2.34. The van der Waals surface area contributed by atoms with Crippen molar-refractivity contribution in [2.24, 2.45) is 17.6 Å². The molecule has 1 fully saturated rings. The first-order valence-corrected chi connectivity index (χ1v) is 6.47. The van der Waals surface area contributed by atoms with Gasteiger partial charge in [-0.1, -0.05) is 26.0 Å². The first-order valence-electron chi connectivity index (χ1n) is 6.47. The number of carboxylic acids is 1. The molecule has 104 valence electrons. The van der Waals surface area contributed by atoms with Gasteiger partial charge >= 0.3 is 5.97 Å². The predicted molar refractivity (Wildman–Crippen MR) is 72.2 cm³/mol. The summed E-state index contributed by atoms with van der Waals surface area (Å²) in [7, 11) is 0. The van der Waals surface area contributed by atoms with E-state index >= 15 is 0 Å². The Kier molecular flexibility index (Phi) is 8.29. The molecular weight excluding hydrogens is 230 g/mol. The third-order valence-electron chi connectivity index (χ3n) is 2.76. The number of hydrogen-bond donors (Lipinski definition) is 2. The summed E-state index contributed by atoms with van der Waals surface area (Å²) in [6.07, 6.45) is 5.93. The fourth-order valence-corrected chi connectivity index (χ4v) is 2.05. The molecule has 0 aromatic carbocycles. The summed E-state index contributed by atoms with van der Waals surface area (Å²) in [5, 5.41) is 8.67. The molecule has 0 heterocycles. The topological polar surface area (TPSA) is 80.4 Å². The number of Topliss-reactive ketones (excluding diaryl/α,β-unsaturated/α-hetero) is 1. The van der Waals surface area contributed by atoms with Crippen molar-refractivity contribution in [1.29, 1.82) is 0 Å². The van der Waals surface area contributed by atoms with Crippen molar-refractivity contribution >= 4 is 11.8 Å². The Labute approximate surface area is 109 Å². The first kappa shape index (κ1) is 16.8. The van der Waals surface area contributed by atoms with Crippen LogP contribution in [0.2, 0.25) is 0 Å². The van der Waals surface area contributed by atoms with E-state index in [4.69, 9.17) is 10.8 Å². The molecule has 0 aromatic heterocycles. The van der Waals surface area contributed by atoms with Crippen molar-refractivity contribution < 1.29 is 14.7 Å². The Morgan fingerprint density at radius 3 is 2.39 bits per heavy atom. The summed E-state index contributed by atoms with van der Waals surface area (Å²) < 4.78 is 0. The molecule has 18 heavy (non-hydrogen) atoms. The molecular formula is C14H25NO3. The van der Waals surface area contributed by atoms with E-state index in [2.05, 4.69) is 0 Å². The summed E-state index contributed by atoms with van der Waals surface area (Å²) in [5.41, 5.74) is 5.11. The van der Waals surface area contributed by atoms with Crippen LogP contribution in [-0.2, 0) is 9.59 Å². The van der Waals surface area contributed by atoms with Gasteiger partial charge < -0.3 is 10.8 Å². The Bertz CT molecular complexity index is 295. The van der Waals surface area contributed by atoms with Crippen LogP contribution in [0.15, 0.2) is 12.2 Å². The Morgan fingerprint density at radius 2 is 1.94 bits per heavy atom. The van der Waals surface area contributed by atoms with Crippen molar-refractivity contribution in [2.75, 3.05) is 0 Å². The number of carbonyl (C=O) groups is 2. The zero-order valence-corrected chi connectivity index (χ0v) is 11.6. The number of rotatable bonds is 4. The smallest absolute Gasteiger partial charge is 0.303 e. The van der Waals surface area contributed by atoms with Crippen LogP contribution in [0, 0.1) is 11.8 Å². The monoisotopic (exact) mass is 255 g/mol. The molecule has 3 N–H and O–H groups in total. The summed E-state index contributed by atoms with van der Waals surface area (Å²) in [6, 6.07) is 0.333. The van der Waals surface area contributed by atoms with Gasteiger partial charge in [0.15, 0.2) is 0 Å². The highest BCUT2D eigenvalue weighted by Gasteiger charge is 2.33. The maximum atomic E-state index is 11.2. The van der Waals surface area contributed by atoms with E-state index < -0.39 is 5.97 Å². The molecule has 0 saturated heterocycles. The number of nitrogens with two attached hydrogens (primary N) is 1. The maximum Gasteiger partial charge on any atom is 0.303 e. The molecule has 1 aliphatic carbocycles. The highest BCUT2D eigenvalue weighted by atomic mass is 16.4. The van der Waals surface area contributed by atoms with Gasteiger partial charge in [0.1, 0.15) is 5.78 Å². The number of ketones is 1. The SMILES string of the molecule is C/C=C\CC1CC(=O)CC1CC(=O)O.CC(C)N. The van der Waals surface area contributed by atoms with Crippen LogP contribution < -0.4 is 5.73 Å². The Balaban J connectivity index is 0.000000631. The van der Waals surface area contributed by atoms with Crippen LogP contribution in [0.1, 0.15) is 46.5 Å². The van der Waals surface area contributed by atoms with Gasteiger partial charge in [-0.25, -0.2) is 0 Å². The molecule has 4 nitrogen and oxygen atoms in total. The Hall–Kier alpha value is -1.16.